The maximum Gasteiger partial charge on any atom is 0.282 e. The van der Waals surface area contributed by atoms with Crippen molar-refractivity contribution >= 4 is 29.1 Å². The minimum Gasteiger partial charge on any atom is -0.497 e. The molecule has 0 fully saturated rings. The molecule has 0 saturated heterocycles. The number of anilines is 1. The van der Waals surface area contributed by atoms with E-state index in [-0.39, 0.29) is 24.1 Å². The lowest BCUT2D eigenvalue weighted by molar-refractivity contribution is -0.385. The second kappa shape index (κ2) is 7.97. The van der Waals surface area contributed by atoms with Crippen LogP contribution in [0.25, 0.3) is 0 Å². The van der Waals surface area contributed by atoms with Crippen LogP contribution in [0.1, 0.15) is 27.1 Å². The lowest BCUT2D eigenvalue weighted by atomic mass is 10.1. The number of imide groups is 1. The molecule has 0 aliphatic carbocycles. The van der Waals surface area contributed by atoms with Crippen molar-refractivity contribution in [1.82, 2.24) is 4.90 Å². The Morgan fingerprint density at radius 3 is 2.34 bits per heavy atom. The smallest absolute Gasteiger partial charge is 0.282 e. The molecule has 0 atom stereocenters. The summed E-state index contributed by atoms with van der Waals surface area (Å²) in [6.45, 7) is -0.212. The Labute approximate surface area is 165 Å². The fraction of sp³-hybridized carbons (Fsp3) is 0.211. The van der Waals surface area contributed by atoms with E-state index in [0.717, 1.165) is 11.0 Å². The van der Waals surface area contributed by atoms with Crippen LogP contribution in [-0.2, 0) is 4.79 Å². The maximum atomic E-state index is 12.5. The summed E-state index contributed by atoms with van der Waals surface area (Å²) >= 11 is 0. The molecule has 2 aromatic carbocycles. The summed E-state index contributed by atoms with van der Waals surface area (Å²) in [6.07, 6.45) is -0.182. The molecule has 150 valence electrons. The molecule has 0 bridgehead atoms. The summed E-state index contributed by atoms with van der Waals surface area (Å²) in [5.41, 5.74) is -0.303. The van der Waals surface area contributed by atoms with E-state index in [1.807, 2.05) is 0 Å². The number of ether oxygens (including phenoxy) is 2. The molecule has 0 spiro atoms. The van der Waals surface area contributed by atoms with E-state index in [1.54, 1.807) is 18.2 Å². The molecule has 1 aliphatic rings. The molecule has 29 heavy (non-hydrogen) atoms. The van der Waals surface area contributed by atoms with Crippen molar-refractivity contribution < 1.29 is 28.8 Å². The van der Waals surface area contributed by atoms with E-state index in [9.17, 15) is 24.5 Å². The third kappa shape index (κ3) is 3.86. The molecule has 10 heteroatoms. The molecule has 0 saturated carbocycles. The van der Waals surface area contributed by atoms with Crippen molar-refractivity contribution in [3.8, 4) is 11.5 Å². The number of hydrogen-bond donors (Lipinski definition) is 1. The maximum absolute atomic E-state index is 12.5. The Morgan fingerprint density at radius 2 is 1.76 bits per heavy atom. The quantitative estimate of drug-likeness (QED) is 0.429. The van der Waals surface area contributed by atoms with E-state index < -0.39 is 28.3 Å². The van der Waals surface area contributed by atoms with Crippen LogP contribution in [0.3, 0.4) is 0 Å². The van der Waals surface area contributed by atoms with E-state index in [4.69, 9.17) is 9.47 Å². The van der Waals surface area contributed by atoms with Gasteiger partial charge < -0.3 is 14.8 Å². The van der Waals surface area contributed by atoms with Gasteiger partial charge in [-0.25, -0.2) is 0 Å². The number of carbonyl (C=O) groups is 3. The van der Waals surface area contributed by atoms with Gasteiger partial charge in [0.15, 0.2) is 0 Å². The predicted octanol–water partition coefficient (Wildman–Crippen LogP) is 2.24. The fourth-order valence-corrected chi connectivity index (χ4v) is 2.99. The van der Waals surface area contributed by atoms with E-state index in [2.05, 4.69) is 5.32 Å². The third-order valence-corrected chi connectivity index (χ3v) is 4.37. The van der Waals surface area contributed by atoms with Gasteiger partial charge in [-0.3, -0.25) is 29.4 Å². The number of fused-ring (bicyclic) bond motifs is 1. The van der Waals surface area contributed by atoms with Crippen LogP contribution in [0.15, 0.2) is 36.4 Å². The van der Waals surface area contributed by atoms with Gasteiger partial charge in [0.2, 0.25) is 5.91 Å². The van der Waals surface area contributed by atoms with Gasteiger partial charge in [-0.2, -0.15) is 0 Å². The summed E-state index contributed by atoms with van der Waals surface area (Å²) < 4.78 is 10.3. The third-order valence-electron chi connectivity index (χ3n) is 4.37. The molecule has 0 unspecified atom stereocenters. The first-order valence-corrected chi connectivity index (χ1v) is 8.52. The topological polar surface area (TPSA) is 128 Å². The van der Waals surface area contributed by atoms with Gasteiger partial charge in [0, 0.05) is 42.9 Å². The molecular weight excluding hydrogens is 382 g/mol. The number of methoxy groups -OCH3 is 2. The molecule has 0 aromatic heterocycles. The zero-order valence-corrected chi connectivity index (χ0v) is 15.6. The van der Waals surface area contributed by atoms with Crippen molar-refractivity contribution in [2.45, 2.75) is 6.42 Å². The second-order valence-electron chi connectivity index (χ2n) is 6.12. The zero-order chi connectivity index (χ0) is 21.1. The van der Waals surface area contributed by atoms with Crippen LogP contribution >= 0.6 is 0 Å². The van der Waals surface area contributed by atoms with Gasteiger partial charge in [-0.1, -0.05) is 6.07 Å². The first-order chi connectivity index (χ1) is 13.8. The number of nitrogens with one attached hydrogen (secondary N) is 1. The van der Waals surface area contributed by atoms with Crippen LogP contribution in [0.5, 0.6) is 11.5 Å². The molecule has 3 rings (SSSR count). The van der Waals surface area contributed by atoms with Gasteiger partial charge >= 0.3 is 0 Å². The zero-order valence-electron chi connectivity index (χ0n) is 15.6. The normalized spacial score (nSPS) is 12.6. The lowest BCUT2D eigenvalue weighted by Crippen LogP contribution is -2.33. The molecular formula is C19H17N3O7. The standard InChI is InChI=1S/C19H17N3O7/c1-28-12-8-11(9-13(10-12)29-2)20-16(23)6-7-21-18(24)14-4-3-5-15(22(26)27)17(14)19(21)25/h3-5,8-10H,6-7H2,1-2H3,(H,20,23). The number of nitrogens with zero attached hydrogens (tertiary/aromatic N) is 2. The largest absolute Gasteiger partial charge is 0.497 e. The fourth-order valence-electron chi connectivity index (χ4n) is 2.99. The summed E-state index contributed by atoms with van der Waals surface area (Å²) in [5.74, 6) is -0.941. The number of nitro groups is 1. The number of carbonyl (C=O) groups excluding carboxylic acids is 3. The summed E-state index contributed by atoms with van der Waals surface area (Å²) in [4.78, 5) is 48.5. The summed E-state index contributed by atoms with van der Waals surface area (Å²) in [6, 6.07) is 8.68. The monoisotopic (exact) mass is 399 g/mol. The average molecular weight is 399 g/mol. The Kier molecular flexibility index (Phi) is 5.44. The van der Waals surface area contributed by atoms with Crippen LogP contribution in [0.2, 0.25) is 0 Å². The van der Waals surface area contributed by atoms with E-state index >= 15 is 0 Å². The van der Waals surface area contributed by atoms with Gasteiger partial charge in [0.1, 0.15) is 17.1 Å². The van der Waals surface area contributed by atoms with Gasteiger partial charge in [0.25, 0.3) is 17.5 Å². The predicted molar refractivity (Wildman–Crippen MR) is 101 cm³/mol. The Bertz CT molecular complexity index is 997. The summed E-state index contributed by atoms with van der Waals surface area (Å²) in [7, 11) is 2.95. The van der Waals surface area contributed by atoms with Crippen molar-refractivity contribution in [3.05, 3.63) is 57.6 Å². The number of amides is 3. The lowest BCUT2D eigenvalue weighted by Gasteiger charge is -2.14. The van der Waals surface area contributed by atoms with Gasteiger partial charge in [0.05, 0.1) is 24.7 Å². The molecule has 1 heterocycles. The van der Waals surface area contributed by atoms with Crippen molar-refractivity contribution in [2.75, 3.05) is 26.1 Å². The van der Waals surface area contributed by atoms with Gasteiger partial charge in [-0.05, 0) is 6.07 Å². The van der Waals surface area contributed by atoms with Gasteiger partial charge in [-0.15, -0.1) is 0 Å². The molecule has 0 radical (unpaired) electrons. The SMILES string of the molecule is COc1cc(NC(=O)CCN2C(=O)c3cccc([N+](=O)[O-])c3C2=O)cc(OC)c1. The van der Waals surface area contributed by atoms with E-state index in [0.29, 0.717) is 17.2 Å². The number of nitro benzene ring substituents is 1. The highest BCUT2D eigenvalue weighted by Crippen LogP contribution is 2.31. The number of rotatable bonds is 7. The molecule has 1 aliphatic heterocycles. The molecule has 1 N–H and O–H groups in total. The number of benzene rings is 2. The van der Waals surface area contributed by atoms with Crippen LogP contribution in [0, 0.1) is 10.1 Å². The first-order valence-electron chi connectivity index (χ1n) is 8.52. The van der Waals surface area contributed by atoms with Crippen LogP contribution in [0.4, 0.5) is 11.4 Å². The van der Waals surface area contributed by atoms with Crippen molar-refractivity contribution in [2.24, 2.45) is 0 Å². The highest BCUT2D eigenvalue weighted by atomic mass is 16.6. The molecule has 3 amide bonds. The Morgan fingerprint density at radius 1 is 1.10 bits per heavy atom. The highest BCUT2D eigenvalue weighted by molar-refractivity contribution is 6.23. The molecule has 2 aromatic rings. The van der Waals surface area contributed by atoms with Crippen LogP contribution in [-0.4, -0.2) is 48.3 Å². The average Bonchev–Trinajstić information content (AvgIpc) is 2.96. The number of hydrogen-bond acceptors (Lipinski definition) is 7. The first kappa shape index (κ1) is 19.8. The second-order valence-corrected chi connectivity index (χ2v) is 6.12. The molecule has 10 nitrogen and oxygen atoms in total. The van der Waals surface area contributed by atoms with E-state index in [1.165, 1.54) is 26.4 Å². The van der Waals surface area contributed by atoms with Crippen LogP contribution < -0.4 is 14.8 Å². The van der Waals surface area contributed by atoms with Crippen molar-refractivity contribution in [1.29, 1.82) is 0 Å². The highest BCUT2D eigenvalue weighted by Gasteiger charge is 2.40. The Balaban J connectivity index is 1.70. The van der Waals surface area contributed by atoms with Crippen molar-refractivity contribution in [3.63, 3.8) is 0 Å². The summed E-state index contributed by atoms with van der Waals surface area (Å²) in [5, 5.41) is 13.8. The minimum atomic E-state index is -0.784. The minimum absolute atomic E-state index is 0.0397. The Hall–Kier alpha value is -3.95.